The standard InChI is InChI=1S/C9H15ClF3NO/c10-7-8(2-5-15-6-3-8)14-4-1-9(11,12)13/h14H,1-7H2. The van der Waals surface area contributed by atoms with E-state index in [9.17, 15) is 13.2 Å². The lowest BCUT2D eigenvalue weighted by molar-refractivity contribution is -0.134. The lowest BCUT2D eigenvalue weighted by atomic mass is 9.92. The van der Waals surface area contributed by atoms with Crippen LogP contribution < -0.4 is 5.32 Å². The van der Waals surface area contributed by atoms with Gasteiger partial charge in [0.1, 0.15) is 0 Å². The molecular weight excluding hydrogens is 231 g/mol. The fourth-order valence-corrected chi connectivity index (χ4v) is 1.95. The fraction of sp³-hybridized carbons (Fsp3) is 1.00. The molecule has 2 nitrogen and oxygen atoms in total. The van der Waals surface area contributed by atoms with Crippen LogP contribution in [0.15, 0.2) is 0 Å². The molecule has 0 atom stereocenters. The number of halogens is 4. The zero-order valence-electron chi connectivity index (χ0n) is 8.37. The van der Waals surface area contributed by atoms with Crippen LogP contribution in [0.1, 0.15) is 19.3 Å². The lowest BCUT2D eigenvalue weighted by Gasteiger charge is -2.36. The van der Waals surface area contributed by atoms with Crippen LogP contribution in [0.25, 0.3) is 0 Å². The predicted molar refractivity (Wildman–Crippen MR) is 52.2 cm³/mol. The number of alkyl halides is 4. The Balaban J connectivity index is 2.33. The maximum Gasteiger partial charge on any atom is 0.390 e. The summed E-state index contributed by atoms with van der Waals surface area (Å²) < 4.78 is 41.0. The van der Waals surface area contributed by atoms with E-state index < -0.39 is 12.6 Å². The fourth-order valence-electron chi connectivity index (χ4n) is 1.59. The van der Waals surface area contributed by atoms with E-state index in [2.05, 4.69) is 5.32 Å². The number of nitrogens with one attached hydrogen (secondary N) is 1. The Morgan fingerprint density at radius 1 is 1.27 bits per heavy atom. The van der Waals surface area contributed by atoms with Crippen LogP contribution in [0.5, 0.6) is 0 Å². The molecule has 6 heteroatoms. The average molecular weight is 246 g/mol. The van der Waals surface area contributed by atoms with Crippen LogP contribution in [0.4, 0.5) is 13.2 Å². The van der Waals surface area contributed by atoms with Crippen LogP contribution >= 0.6 is 11.6 Å². The SMILES string of the molecule is FC(F)(F)CCNC1(CCl)CCOCC1. The molecule has 15 heavy (non-hydrogen) atoms. The van der Waals surface area contributed by atoms with E-state index in [1.807, 2.05) is 0 Å². The van der Waals surface area contributed by atoms with E-state index in [1.54, 1.807) is 0 Å². The zero-order valence-corrected chi connectivity index (χ0v) is 9.13. The van der Waals surface area contributed by atoms with Crippen LogP contribution in [-0.2, 0) is 4.74 Å². The van der Waals surface area contributed by atoms with E-state index in [0.717, 1.165) is 0 Å². The summed E-state index contributed by atoms with van der Waals surface area (Å²) in [4.78, 5) is 0. The summed E-state index contributed by atoms with van der Waals surface area (Å²) in [6.07, 6.45) is -3.57. The Morgan fingerprint density at radius 3 is 2.33 bits per heavy atom. The number of hydrogen-bond donors (Lipinski definition) is 1. The largest absolute Gasteiger partial charge is 0.390 e. The lowest BCUT2D eigenvalue weighted by Crippen LogP contribution is -2.51. The Kier molecular flexibility index (Phi) is 4.67. The van der Waals surface area contributed by atoms with Gasteiger partial charge in [-0.1, -0.05) is 0 Å². The third kappa shape index (κ3) is 4.57. The van der Waals surface area contributed by atoms with Gasteiger partial charge in [0.15, 0.2) is 0 Å². The molecule has 0 aliphatic carbocycles. The summed E-state index contributed by atoms with van der Waals surface area (Å²) in [7, 11) is 0. The molecular formula is C9H15ClF3NO. The van der Waals surface area contributed by atoms with E-state index in [4.69, 9.17) is 16.3 Å². The second kappa shape index (κ2) is 5.37. The molecule has 0 saturated carbocycles. The molecule has 0 spiro atoms. The molecule has 0 unspecified atom stereocenters. The molecule has 1 saturated heterocycles. The highest BCUT2D eigenvalue weighted by atomic mass is 35.5. The average Bonchev–Trinajstić information content (AvgIpc) is 2.17. The van der Waals surface area contributed by atoms with Crippen LogP contribution in [-0.4, -0.2) is 37.4 Å². The van der Waals surface area contributed by atoms with Gasteiger partial charge in [-0.15, -0.1) is 11.6 Å². The quantitative estimate of drug-likeness (QED) is 0.768. The topological polar surface area (TPSA) is 21.3 Å². The summed E-state index contributed by atoms with van der Waals surface area (Å²) in [5, 5.41) is 2.91. The van der Waals surface area contributed by atoms with Crippen LogP contribution in [0.2, 0.25) is 0 Å². The van der Waals surface area contributed by atoms with Gasteiger partial charge < -0.3 is 10.1 Å². The molecule has 1 aliphatic heterocycles. The minimum absolute atomic E-state index is 0.0732. The molecule has 0 aromatic rings. The van der Waals surface area contributed by atoms with Gasteiger partial charge in [0, 0.05) is 31.2 Å². The number of hydrogen-bond acceptors (Lipinski definition) is 2. The van der Waals surface area contributed by atoms with Gasteiger partial charge in [-0.3, -0.25) is 0 Å². The van der Waals surface area contributed by atoms with Gasteiger partial charge in [0.2, 0.25) is 0 Å². The summed E-state index contributed by atoms with van der Waals surface area (Å²) >= 11 is 5.79. The predicted octanol–water partition coefficient (Wildman–Crippen LogP) is 2.32. The third-order valence-electron chi connectivity index (χ3n) is 2.61. The maximum absolute atomic E-state index is 11.9. The zero-order chi connectivity index (χ0) is 11.4. The molecule has 90 valence electrons. The van der Waals surface area contributed by atoms with Crippen molar-refractivity contribution in [1.29, 1.82) is 0 Å². The third-order valence-corrected chi connectivity index (χ3v) is 3.13. The van der Waals surface area contributed by atoms with Crippen molar-refractivity contribution in [2.75, 3.05) is 25.6 Å². The van der Waals surface area contributed by atoms with E-state index >= 15 is 0 Å². The van der Waals surface area contributed by atoms with Crippen molar-refractivity contribution in [2.45, 2.75) is 31.0 Å². The summed E-state index contributed by atoms with van der Waals surface area (Å²) in [5.74, 6) is 0.328. The van der Waals surface area contributed by atoms with Crippen LogP contribution in [0, 0.1) is 0 Å². The maximum atomic E-state index is 11.9. The molecule has 0 radical (unpaired) electrons. The second-order valence-electron chi connectivity index (χ2n) is 3.82. The normalized spacial score (nSPS) is 21.6. The molecule has 0 aromatic carbocycles. The first-order valence-electron chi connectivity index (χ1n) is 4.93. The molecule has 1 N–H and O–H groups in total. The molecule has 1 heterocycles. The van der Waals surface area contributed by atoms with Crippen molar-refractivity contribution in [3.05, 3.63) is 0 Å². The summed E-state index contributed by atoms with van der Waals surface area (Å²) in [6, 6.07) is 0. The van der Waals surface area contributed by atoms with Gasteiger partial charge in [-0.25, -0.2) is 0 Å². The Labute approximate surface area is 92.1 Å². The Morgan fingerprint density at radius 2 is 1.87 bits per heavy atom. The van der Waals surface area contributed by atoms with Gasteiger partial charge in [-0.2, -0.15) is 13.2 Å². The Hall–Kier alpha value is -0.0000000000000000208. The van der Waals surface area contributed by atoms with Crippen molar-refractivity contribution in [3.63, 3.8) is 0 Å². The number of ether oxygens (including phenoxy) is 1. The monoisotopic (exact) mass is 245 g/mol. The van der Waals surface area contributed by atoms with Gasteiger partial charge in [0.05, 0.1) is 6.42 Å². The van der Waals surface area contributed by atoms with Crippen molar-refractivity contribution >= 4 is 11.6 Å². The molecule has 1 rings (SSSR count). The molecule has 1 fully saturated rings. The van der Waals surface area contributed by atoms with Crippen molar-refractivity contribution in [2.24, 2.45) is 0 Å². The molecule has 0 amide bonds. The van der Waals surface area contributed by atoms with Crippen LogP contribution in [0.3, 0.4) is 0 Å². The first kappa shape index (κ1) is 13.1. The van der Waals surface area contributed by atoms with Gasteiger partial charge >= 0.3 is 6.18 Å². The van der Waals surface area contributed by atoms with Crippen molar-refractivity contribution in [3.8, 4) is 0 Å². The smallest absolute Gasteiger partial charge is 0.381 e. The minimum atomic E-state index is -4.11. The Bertz CT molecular complexity index is 192. The van der Waals surface area contributed by atoms with Gasteiger partial charge in [0.25, 0.3) is 0 Å². The highest BCUT2D eigenvalue weighted by Crippen LogP contribution is 2.24. The van der Waals surface area contributed by atoms with Crippen molar-refractivity contribution in [1.82, 2.24) is 5.32 Å². The molecule has 0 aromatic heterocycles. The molecule has 0 bridgehead atoms. The van der Waals surface area contributed by atoms with Gasteiger partial charge in [-0.05, 0) is 12.8 Å². The highest BCUT2D eigenvalue weighted by molar-refractivity contribution is 6.18. The minimum Gasteiger partial charge on any atom is -0.381 e. The highest BCUT2D eigenvalue weighted by Gasteiger charge is 2.33. The summed E-state index contributed by atoms with van der Waals surface area (Å²) in [6.45, 7) is 1.05. The number of rotatable bonds is 4. The summed E-state index contributed by atoms with van der Waals surface area (Å²) in [5.41, 5.74) is -0.370. The second-order valence-corrected chi connectivity index (χ2v) is 4.09. The van der Waals surface area contributed by atoms with Crippen molar-refractivity contribution < 1.29 is 17.9 Å². The van der Waals surface area contributed by atoms with E-state index in [1.165, 1.54) is 0 Å². The van der Waals surface area contributed by atoms with E-state index in [0.29, 0.717) is 31.9 Å². The molecule has 1 aliphatic rings. The first-order valence-corrected chi connectivity index (χ1v) is 5.46. The first-order chi connectivity index (χ1) is 6.97. The van der Waals surface area contributed by atoms with E-state index in [-0.39, 0.29) is 12.1 Å².